The van der Waals surface area contributed by atoms with Gasteiger partial charge in [0.25, 0.3) is 10.0 Å². The Bertz CT molecular complexity index is 802. The molecule has 0 heterocycles. The van der Waals surface area contributed by atoms with Crippen LogP contribution >= 0.6 is 31.9 Å². The first-order valence-electron chi connectivity index (χ1n) is 6.26. The van der Waals surface area contributed by atoms with Crippen LogP contribution in [0.3, 0.4) is 0 Å². The lowest BCUT2D eigenvalue weighted by molar-refractivity contribution is 0.600. The van der Waals surface area contributed by atoms with E-state index in [1.54, 1.807) is 18.2 Å². The summed E-state index contributed by atoms with van der Waals surface area (Å²) >= 11 is 6.68. The molecule has 6 heteroatoms. The third-order valence-corrected chi connectivity index (χ3v) is 6.46. The predicted octanol–water partition coefficient (Wildman–Crippen LogP) is 4.94. The molecule has 0 radical (unpaired) electrons. The maximum Gasteiger partial charge on any atom is 0.263 e. The van der Waals surface area contributed by atoms with Gasteiger partial charge in [0.2, 0.25) is 0 Å². The van der Waals surface area contributed by atoms with Gasteiger partial charge in [-0.1, -0.05) is 22.0 Å². The number of halogens is 2. The molecular weight excluding hydrogens is 418 g/mol. The summed E-state index contributed by atoms with van der Waals surface area (Å²) in [5, 5.41) is 0. The van der Waals surface area contributed by atoms with E-state index in [4.69, 9.17) is 0 Å². The smallest absolute Gasteiger partial charge is 0.263 e. The number of nitrogens with one attached hydrogen (secondary N) is 1. The van der Waals surface area contributed by atoms with Crippen molar-refractivity contribution in [1.29, 1.82) is 0 Å². The zero-order valence-electron chi connectivity index (χ0n) is 11.9. The standard InChI is InChI=1S/C15H15Br2NO2S/c1-9-4-5-12(6-10(9)2)18-21(19,20)15-8-13(16)11(3)7-14(15)17/h4-8,18H,1-3H3. The van der Waals surface area contributed by atoms with Gasteiger partial charge in [0.05, 0.1) is 0 Å². The Hall–Kier alpha value is -0.850. The molecule has 0 spiro atoms. The largest absolute Gasteiger partial charge is 0.280 e. The first-order chi connectivity index (χ1) is 9.70. The van der Waals surface area contributed by atoms with E-state index in [2.05, 4.69) is 36.6 Å². The number of hydrogen-bond acceptors (Lipinski definition) is 2. The van der Waals surface area contributed by atoms with Gasteiger partial charge < -0.3 is 0 Å². The van der Waals surface area contributed by atoms with Crippen molar-refractivity contribution in [1.82, 2.24) is 0 Å². The van der Waals surface area contributed by atoms with E-state index in [0.717, 1.165) is 21.2 Å². The van der Waals surface area contributed by atoms with Gasteiger partial charge in [0, 0.05) is 14.6 Å². The van der Waals surface area contributed by atoms with E-state index in [9.17, 15) is 8.42 Å². The summed E-state index contributed by atoms with van der Waals surface area (Å²) in [5.74, 6) is 0. The minimum atomic E-state index is -3.64. The molecule has 0 atom stereocenters. The van der Waals surface area contributed by atoms with Crippen LogP contribution in [0.1, 0.15) is 16.7 Å². The molecule has 0 aromatic heterocycles. The molecule has 0 amide bonds. The number of anilines is 1. The minimum Gasteiger partial charge on any atom is -0.280 e. The molecular formula is C15H15Br2NO2S. The topological polar surface area (TPSA) is 46.2 Å². The first kappa shape index (κ1) is 16.5. The van der Waals surface area contributed by atoms with Gasteiger partial charge >= 0.3 is 0 Å². The lowest BCUT2D eigenvalue weighted by Crippen LogP contribution is -2.14. The average molecular weight is 433 g/mol. The zero-order chi connectivity index (χ0) is 15.8. The van der Waals surface area contributed by atoms with E-state index in [1.165, 1.54) is 0 Å². The van der Waals surface area contributed by atoms with E-state index in [0.29, 0.717) is 10.2 Å². The summed E-state index contributed by atoms with van der Waals surface area (Å²) in [6, 6.07) is 8.86. The summed E-state index contributed by atoms with van der Waals surface area (Å²) in [4.78, 5) is 0.207. The highest BCUT2D eigenvalue weighted by molar-refractivity contribution is 9.11. The molecule has 0 unspecified atom stereocenters. The van der Waals surface area contributed by atoms with Crippen LogP contribution in [0.2, 0.25) is 0 Å². The molecule has 2 aromatic rings. The number of rotatable bonds is 3. The molecule has 3 nitrogen and oxygen atoms in total. The molecule has 1 N–H and O–H groups in total. The van der Waals surface area contributed by atoms with E-state index in [1.807, 2.05) is 32.9 Å². The number of hydrogen-bond donors (Lipinski definition) is 1. The second-order valence-corrected chi connectivity index (χ2v) is 8.30. The summed E-state index contributed by atoms with van der Waals surface area (Å²) < 4.78 is 28.9. The Kier molecular flexibility index (Phi) is 4.80. The average Bonchev–Trinajstić information content (AvgIpc) is 2.37. The Labute approximate surface area is 142 Å². The van der Waals surface area contributed by atoms with E-state index >= 15 is 0 Å². The van der Waals surface area contributed by atoms with Crippen molar-refractivity contribution in [3.05, 3.63) is 56.0 Å². The van der Waals surface area contributed by atoms with Crippen LogP contribution in [-0.2, 0) is 10.0 Å². The second-order valence-electron chi connectivity index (χ2n) is 4.94. The van der Waals surface area contributed by atoms with E-state index in [-0.39, 0.29) is 4.90 Å². The van der Waals surface area contributed by atoms with Crippen molar-refractivity contribution in [2.24, 2.45) is 0 Å². The molecule has 0 fully saturated rings. The Morgan fingerprint density at radius 3 is 2.14 bits per heavy atom. The molecule has 0 aliphatic heterocycles. The van der Waals surface area contributed by atoms with Crippen LogP contribution in [0.15, 0.2) is 44.2 Å². The molecule has 0 aliphatic rings. The molecule has 2 rings (SSSR count). The monoisotopic (exact) mass is 431 g/mol. The molecule has 2 aromatic carbocycles. The van der Waals surface area contributed by atoms with Gasteiger partial charge in [-0.2, -0.15) is 0 Å². The Morgan fingerprint density at radius 1 is 0.857 bits per heavy atom. The van der Waals surface area contributed by atoms with Crippen molar-refractivity contribution in [3.8, 4) is 0 Å². The van der Waals surface area contributed by atoms with Gasteiger partial charge in [-0.15, -0.1) is 0 Å². The van der Waals surface area contributed by atoms with Crippen molar-refractivity contribution < 1.29 is 8.42 Å². The fraction of sp³-hybridized carbons (Fsp3) is 0.200. The molecule has 112 valence electrons. The normalized spacial score (nSPS) is 11.5. The first-order valence-corrected chi connectivity index (χ1v) is 9.33. The van der Waals surface area contributed by atoms with Crippen molar-refractivity contribution in [2.45, 2.75) is 25.7 Å². The quantitative estimate of drug-likeness (QED) is 0.746. The fourth-order valence-electron chi connectivity index (χ4n) is 1.85. The van der Waals surface area contributed by atoms with Crippen LogP contribution in [-0.4, -0.2) is 8.42 Å². The van der Waals surface area contributed by atoms with Gasteiger partial charge in [-0.05, 0) is 77.7 Å². The molecule has 21 heavy (non-hydrogen) atoms. The third kappa shape index (κ3) is 3.67. The van der Waals surface area contributed by atoms with Crippen LogP contribution < -0.4 is 4.72 Å². The summed E-state index contributed by atoms with van der Waals surface area (Å²) in [6.45, 7) is 5.84. The predicted molar refractivity (Wildman–Crippen MR) is 93.3 cm³/mol. The zero-order valence-corrected chi connectivity index (χ0v) is 15.9. The van der Waals surface area contributed by atoms with Gasteiger partial charge in [0.15, 0.2) is 0 Å². The molecule has 0 aliphatic carbocycles. The maximum atomic E-state index is 12.5. The Morgan fingerprint density at radius 2 is 1.52 bits per heavy atom. The van der Waals surface area contributed by atoms with E-state index < -0.39 is 10.0 Å². The molecule has 0 saturated heterocycles. The number of aryl methyl sites for hydroxylation is 3. The highest BCUT2D eigenvalue weighted by Crippen LogP contribution is 2.30. The second kappa shape index (κ2) is 6.10. The van der Waals surface area contributed by atoms with Gasteiger partial charge in [0.1, 0.15) is 4.90 Å². The Balaban J connectivity index is 2.43. The lowest BCUT2D eigenvalue weighted by Gasteiger charge is -2.12. The van der Waals surface area contributed by atoms with Crippen molar-refractivity contribution in [3.63, 3.8) is 0 Å². The summed E-state index contributed by atoms with van der Waals surface area (Å²) in [7, 11) is -3.64. The third-order valence-electron chi connectivity index (χ3n) is 3.26. The number of sulfonamides is 1. The highest BCUT2D eigenvalue weighted by Gasteiger charge is 2.19. The van der Waals surface area contributed by atoms with Gasteiger partial charge in [-0.25, -0.2) is 8.42 Å². The van der Waals surface area contributed by atoms with Crippen LogP contribution in [0.5, 0.6) is 0 Å². The van der Waals surface area contributed by atoms with Crippen LogP contribution in [0.25, 0.3) is 0 Å². The summed E-state index contributed by atoms with van der Waals surface area (Å²) in [5.41, 5.74) is 3.69. The summed E-state index contributed by atoms with van der Waals surface area (Å²) in [6.07, 6.45) is 0. The fourth-order valence-corrected chi connectivity index (χ4v) is 4.58. The minimum absolute atomic E-state index is 0.207. The SMILES string of the molecule is Cc1ccc(NS(=O)(=O)c2cc(Br)c(C)cc2Br)cc1C. The van der Waals surface area contributed by atoms with Crippen molar-refractivity contribution in [2.75, 3.05) is 4.72 Å². The maximum absolute atomic E-state index is 12.5. The van der Waals surface area contributed by atoms with Crippen LogP contribution in [0, 0.1) is 20.8 Å². The highest BCUT2D eigenvalue weighted by atomic mass is 79.9. The number of benzene rings is 2. The molecule has 0 bridgehead atoms. The van der Waals surface area contributed by atoms with Gasteiger partial charge in [-0.3, -0.25) is 4.72 Å². The molecule has 0 saturated carbocycles. The van der Waals surface area contributed by atoms with Crippen LogP contribution in [0.4, 0.5) is 5.69 Å². The van der Waals surface area contributed by atoms with Crippen molar-refractivity contribution >= 4 is 47.6 Å². The lowest BCUT2D eigenvalue weighted by atomic mass is 10.1.